The van der Waals surface area contributed by atoms with Crippen LogP contribution in [0.1, 0.15) is 0 Å². The minimum absolute atomic E-state index is 0.0269. The van der Waals surface area contributed by atoms with Gasteiger partial charge in [0.1, 0.15) is 5.58 Å². The summed E-state index contributed by atoms with van der Waals surface area (Å²) in [5, 5.41) is 3.73. The van der Waals surface area contributed by atoms with Gasteiger partial charge in [-0.05, 0) is 53.4 Å². The van der Waals surface area contributed by atoms with Crippen molar-refractivity contribution in [2.75, 3.05) is 4.90 Å². The highest BCUT2D eigenvalue weighted by Crippen LogP contribution is 2.44. The predicted octanol–water partition coefficient (Wildman–Crippen LogP) is 6.14. The molecule has 4 heteroatoms. The Morgan fingerprint density at radius 2 is 1.31 bits per heavy atom. The van der Waals surface area contributed by atoms with E-state index in [1.807, 2.05) is 0 Å². The Hall–Kier alpha value is -4.70. The van der Waals surface area contributed by atoms with Crippen LogP contribution in [0.5, 0.6) is 0 Å². The number of aromatic nitrogens is 1. The van der Waals surface area contributed by atoms with E-state index in [0.717, 1.165) is 28.0 Å². The van der Waals surface area contributed by atoms with Crippen molar-refractivity contribution in [1.29, 1.82) is 0 Å². The van der Waals surface area contributed by atoms with E-state index >= 15 is 0 Å². The maximum atomic E-state index is 6.76. The maximum absolute atomic E-state index is 6.76. The SMILES string of the molecule is c1ccc(N2c3cccc4c3B(c3oc5ccccc5c32)c2cccc3c5ccccc5n-4c23)cc1. The van der Waals surface area contributed by atoms with Crippen molar-refractivity contribution in [3.05, 3.63) is 115 Å². The Morgan fingerprint density at radius 3 is 2.22 bits per heavy atom. The lowest BCUT2D eigenvalue weighted by molar-refractivity contribution is 0.651. The molecule has 0 N–H and O–H groups in total. The van der Waals surface area contributed by atoms with Crippen molar-refractivity contribution in [1.82, 2.24) is 4.57 Å². The first-order valence-electron chi connectivity index (χ1n) is 12.4. The van der Waals surface area contributed by atoms with Gasteiger partial charge in [-0.25, -0.2) is 0 Å². The first-order chi connectivity index (χ1) is 17.9. The maximum Gasteiger partial charge on any atom is 0.297 e. The molecule has 0 amide bonds. The van der Waals surface area contributed by atoms with E-state index in [1.165, 1.54) is 44.1 Å². The fourth-order valence-electron chi connectivity index (χ4n) is 6.63. The molecule has 4 heterocycles. The fourth-order valence-corrected chi connectivity index (χ4v) is 6.63. The van der Waals surface area contributed by atoms with Gasteiger partial charge in [0, 0.05) is 38.7 Å². The number of anilines is 3. The Labute approximate surface area is 207 Å². The van der Waals surface area contributed by atoms with Gasteiger partial charge in [-0.3, -0.25) is 0 Å². The van der Waals surface area contributed by atoms with Crippen molar-refractivity contribution in [2.45, 2.75) is 0 Å². The number of nitrogens with zero attached hydrogens (tertiary/aromatic N) is 2. The number of hydrogen-bond donors (Lipinski definition) is 0. The number of rotatable bonds is 1. The van der Waals surface area contributed by atoms with Crippen LogP contribution in [0, 0.1) is 0 Å². The highest BCUT2D eigenvalue weighted by molar-refractivity contribution is 6.99. The summed E-state index contributed by atoms with van der Waals surface area (Å²) in [6.45, 7) is 0.0269. The summed E-state index contributed by atoms with van der Waals surface area (Å²) in [5.74, 6) is 0. The number of benzene rings is 5. The van der Waals surface area contributed by atoms with Crippen LogP contribution in [0.15, 0.2) is 120 Å². The zero-order valence-corrected chi connectivity index (χ0v) is 19.3. The zero-order chi connectivity index (χ0) is 23.4. The molecule has 0 spiro atoms. The smallest absolute Gasteiger partial charge is 0.297 e. The molecule has 5 aromatic carbocycles. The monoisotopic (exact) mass is 458 g/mol. The minimum Gasteiger partial charge on any atom is -0.468 e. The molecule has 2 aliphatic rings. The average Bonchev–Trinajstić information content (AvgIpc) is 3.49. The van der Waals surface area contributed by atoms with Crippen molar-refractivity contribution >= 4 is 73.1 Å². The van der Waals surface area contributed by atoms with E-state index in [0.29, 0.717) is 0 Å². The number of fused-ring (bicyclic) bond motifs is 9. The zero-order valence-electron chi connectivity index (χ0n) is 19.3. The summed E-state index contributed by atoms with van der Waals surface area (Å²) in [6, 6.07) is 41.3. The molecule has 0 saturated heterocycles. The minimum atomic E-state index is 0.0269. The summed E-state index contributed by atoms with van der Waals surface area (Å²) in [6.07, 6.45) is 0. The summed E-state index contributed by atoms with van der Waals surface area (Å²) in [7, 11) is 0. The van der Waals surface area contributed by atoms with Crippen molar-refractivity contribution in [3.63, 3.8) is 0 Å². The van der Waals surface area contributed by atoms with Crippen LogP contribution in [0.2, 0.25) is 0 Å². The number of furan rings is 1. The second kappa shape index (κ2) is 6.49. The molecular weight excluding hydrogens is 439 g/mol. The average molecular weight is 458 g/mol. The number of para-hydroxylation sites is 4. The fraction of sp³-hybridized carbons (Fsp3) is 0. The van der Waals surface area contributed by atoms with Crippen LogP contribution in [0.4, 0.5) is 17.1 Å². The van der Waals surface area contributed by atoms with Gasteiger partial charge in [0.05, 0.1) is 16.9 Å². The Morgan fingerprint density at radius 1 is 0.583 bits per heavy atom. The summed E-state index contributed by atoms with van der Waals surface area (Å²) < 4.78 is 9.23. The standard InChI is InChI=1S/C32H19BN2O/c1-2-10-20(11-3-1)34-26-17-9-18-27-29(26)33(32-31(34)23-13-5-7-19-28(23)36-32)24-15-8-14-22-21-12-4-6-16-25(21)35(27)30(22)24/h1-19H. The van der Waals surface area contributed by atoms with Crippen LogP contribution in [-0.4, -0.2) is 11.3 Å². The van der Waals surface area contributed by atoms with Crippen molar-refractivity contribution in [3.8, 4) is 5.69 Å². The lowest BCUT2D eigenvalue weighted by Gasteiger charge is -2.37. The van der Waals surface area contributed by atoms with Gasteiger partial charge in [-0.2, -0.15) is 0 Å². The van der Waals surface area contributed by atoms with Crippen LogP contribution in [0.25, 0.3) is 38.5 Å². The van der Waals surface area contributed by atoms with E-state index in [1.54, 1.807) is 0 Å². The van der Waals surface area contributed by atoms with E-state index in [9.17, 15) is 0 Å². The molecule has 3 nitrogen and oxygen atoms in total. The van der Waals surface area contributed by atoms with Gasteiger partial charge < -0.3 is 13.9 Å². The lowest BCUT2D eigenvalue weighted by atomic mass is 9.36. The van der Waals surface area contributed by atoms with Crippen LogP contribution >= 0.6 is 0 Å². The third-order valence-corrected chi connectivity index (χ3v) is 7.96. The topological polar surface area (TPSA) is 21.3 Å². The quantitative estimate of drug-likeness (QED) is 0.276. The molecule has 0 atom stereocenters. The normalized spacial score (nSPS) is 13.4. The van der Waals surface area contributed by atoms with Crippen molar-refractivity contribution in [2.24, 2.45) is 0 Å². The van der Waals surface area contributed by atoms with Crippen molar-refractivity contribution < 1.29 is 4.42 Å². The molecular formula is C32H19BN2O. The summed E-state index contributed by atoms with van der Waals surface area (Å²) >= 11 is 0. The van der Waals surface area contributed by atoms with Crippen LogP contribution < -0.4 is 21.5 Å². The van der Waals surface area contributed by atoms with Gasteiger partial charge in [-0.15, -0.1) is 0 Å². The first kappa shape index (κ1) is 18.6. The molecule has 9 rings (SSSR count). The van der Waals surface area contributed by atoms with Gasteiger partial charge in [0.2, 0.25) is 0 Å². The van der Waals surface area contributed by atoms with Crippen LogP contribution in [-0.2, 0) is 0 Å². The van der Waals surface area contributed by atoms with E-state index in [2.05, 4.69) is 125 Å². The largest absolute Gasteiger partial charge is 0.468 e. The molecule has 0 radical (unpaired) electrons. The predicted molar refractivity (Wildman–Crippen MR) is 150 cm³/mol. The molecule has 0 fully saturated rings. The van der Waals surface area contributed by atoms with E-state index in [-0.39, 0.29) is 6.71 Å². The molecule has 0 bridgehead atoms. The second-order valence-electron chi connectivity index (χ2n) is 9.72. The van der Waals surface area contributed by atoms with Gasteiger partial charge >= 0.3 is 0 Å². The highest BCUT2D eigenvalue weighted by Gasteiger charge is 2.45. The Kier molecular flexibility index (Phi) is 3.36. The molecule has 0 aliphatic carbocycles. The Bertz CT molecular complexity index is 2020. The molecule has 166 valence electrons. The highest BCUT2D eigenvalue weighted by atomic mass is 16.3. The summed E-state index contributed by atoms with van der Waals surface area (Å²) in [4.78, 5) is 2.40. The number of hydrogen-bond acceptors (Lipinski definition) is 2. The molecule has 36 heavy (non-hydrogen) atoms. The van der Waals surface area contributed by atoms with Gasteiger partial charge in [0.25, 0.3) is 6.71 Å². The van der Waals surface area contributed by atoms with E-state index < -0.39 is 0 Å². The van der Waals surface area contributed by atoms with Crippen LogP contribution in [0.3, 0.4) is 0 Å². The third kappa shape index (κ3) is 2.12. The lowest BCUT2D eigenvalue weighted by Crippen LogP contribution is -2.59. The Balaban J connectivity index is 1.51. The molecule has 7 aromatic rings. The van der Waals surface area contributed by atoms with Gasteiger partial charge in [0.15, 0.2) is 0 Å². The summed E-state index contributed by atoms with van der Waals surface area (Å²) in [5.41, 5.74) is 11.8. The van der Waals surface area contributed by atoms with Gasteiger partial charge in [-0.1, -0.05) is 72.8 Å². The molecule has 0 unspecified atom stereocenters. The molecule has 0 saturated carbocycles. The van der Waals surface area contributed by atoms with E-state index in [4.69, 9.17) is 4.42 Å². The third-order valence-electron chi connectivity index (χ3n) is 7.96. The first-order valence-corrected chi connectivity index (χ1v) is 12.4. The molecule has 2 aromatic heterocycles. The molecule has 2 aliphatic heterocycles. The second-order valence-corrected chi connectivity index (χ2v) is 9.72.